The molecule has 3 aromatic rings. The summed E-state index contributed by atoms with van der Waals surface area (Å²) in [7, 11) is 0. The fraction of sp³-hybridized carbons (Fsp3) is 0.296. The number of aromatic nitrogens is 1. The minimum absolute atomic E-state index is 0.0174. The molecule has 0 unspecified atom stereocenters. The lowest BCUT2D eigenvalue weighted by molar-refractivity contribution is 0.102. The second-order valence-electron chi connectivity index (χ2n) is 9.40. The van der Waals surface area contributed by atoms with Crippen molar-refractivity contribution in [2.45, 2.75) is 32.1 Å². The van der Waals surface area contributed by atoms with Gasteiger partial charge in [-0.3, -0.25) is 9.59 Å². The van der Waals surface area contributed by atoms with Gasteiger partial charge >= 0.3 is 0 Å². The average Bonchev–Trinajstić information content (AvgIpc) is 3.34. The molecule has 0 aliphatic carbocycles. The molecule has 1 saturated heterocycles. The van der Waals surface area contributed by atoms with Gasteiger partial charge in [-0.25, -0.2) is 4.98 Å². The van der Waals surface area contributed by atoms with Gasteiger partial charge in [0, 0.05) is 28.7 Å². The largest absolute Gasteiger partial charge is 0.321 e. The summed E-state index contributed by atoms with van der Waals surface area (Å²) in [5, 5.41) is 6.37. The van der Waals surface area contributed by atoms with Crippen LogP contribution < -0.4 is 10.6 Å². The number of amides is 2. The van der Waals surface area contributed by atoms with Crippen LogP contribution in [-0.2, 0) is 5.41 Å². The summed E-state index contributed by atoms with van der Waals surface area (Å²) in [5.74, 6) is -0.421. The maximum Gasteiger partial charge on any atom is 0.258 e. The minimum atomic E-state index is -0.448. The summed E-state index contributed by atoms with van der Waals surface area (Å²) in [6.07, 6.45) is 3.96. The molecule has 0 bridgehead atoms. The van der Waals surface area contributed by atoms with E-state index < -0.39 is 5.91 Å². The number of rotatable bonds is 7. The number of nitrogens with one attached hydrogen (secondary N) is 2. The number of anilines is 2. The van der Waals surface area contributed by atoms with Crippen LogP contribution in [0.25, 0.3) is 0 Å². The first kappa shape index (κ1) is 25.2. The van der Waals surface area contributed by atoms with Crippen LogP contribution in [0, 0.1) is 0 Å². The van der Waals surface area contributed by atoms with Crippen molar-refractivity contribution in [2.24, 2.45) is 0 Å². The molecule has 1 aliphatic rings. The number of likely N-dealkylation sites (tertiary alicyclic amines) is 1. The van der Waals surface area contributed by atoms with E-state index >= 15 is 0 Å². The molecule has 1 fully saturated rings. The predicted molar refractivity (Wildman–Crippen MR) is 142 cm³/mol. The lowest BCUT2D eigenvalue weighted by atomic mass is 9.83. The third-order valence-electron chi connectivity index (χ3n) is 6.19. The van der Waals surface area contributed by atoms with Gasteiger partial charge in [0.1, 0.15) is 5.82 Å². The van der Waals surface area contributed by atoms with Crippen molar-refractivity contribution >= 4 is 46.5 Å². The van der Waals surface area contributed by atoms with Gasteiger partial charge in [0.15, 0.2) is 0 Å². The molecule has 35 heavy (non-hydrogen) atoms. The summed E-state index contributed by atoms with van der Waals surface area (Å²) >= 11 is 12.0. The SMILES string of the molecule is CC(C)(CN1CCCC1)c1ccc(C(=O)Nc2ccc(Cl)cc2C(=O)Nc2ccc(Cl)cn2)cc1. The van der Waals surface area contributed by atoms with E-state index in [-0.39, 0.29) is 16.9 Å². The topological polar surface area (TPSA) is 74.3 Å². The third-order valence-corrected chi connectivity index (χ3v) is 6.65. The quantitative estimate of drug-likeness (QED) is 0.392. The fourth-order valence-electron chi connectivity index (χ4n) is 4.31. The lowest BCUT2D eigenvalue weighted by Gasteiger charge is -2.30. The Hall–Kier alpha value is -2.93. The van der Waals surface area contributed by atoms with E-state index in [1.54, 1.807) is 24.3 Å². The van der Waals surface area contributed by atoms with Crippen molar-refractivity contribution in [3.8, 4) is 0 Å². The van der Waals surface area contributed by atoms with Crippen LogP contribution in [0.5, 0.6) is 0 Å². The van der Waals surface area contributed by atoms with E-state index in [0.717, 1.165) is 19.6 Å². The van der Waals surface area contributed by atoms with Gasteiger partial charge < -0.3 is 15.5 Å². The maximum atomic E-state index is 13.0. The van der Waals surface area contributed by atoms with Gasteiger partial charge in [0.25, 0.3) is 11.8 Å². The van der Waals surface area contributed by atoms with Crippen LogP contribution in [0.3, 0.4) is 0 Å². The number of pyridine rings is 1. The minimum Gasteiger partial charge on any atom is -0.321 e. The van der Waals surface area contributed by atoms with Crippen molar-refractivity contribution in [1.82, 2.24) is 9.88 Å². The molecule has 4 rings (SSSR count). The number of carbonyl (C=O) groups excluding carboxylic acids is 2. The van der Waals surface area contributed by atoms with E-state index in [9.17, 15) is 9.59 Å². The molecule has 0 radical (unpaired) electrons. The zero-order valence-corrected chi connectivity index (χ0v) is 21.3. The van der Waals surface area contributed by atoms with Crippen LogP contribution in [0.15, 0.2) is 60.8 Å². The summed E-state index contributed by atoms with van der Waals surface area (Å²) in [6, 6.07) is 15.6. The molecule has 2 amide bonds. The maximum absolute atomic E-state index is 13.0. The fourth-order valence-corrected chi connectivity index (χ4v) is 4.59. The van der Waals surface area contributed by atoms with E-state index in [2.05, 4.69) is 34.4 Å². The molecule has 2 N–H and O–H groups in total. The van der Waals surface area contributed by atoms with Crippen molar-refractivity contribution in [3.63, 3.8) is 0 Å². The highest BCUT2D eigenvalue weighted by Crippen LogP contribution is 2.27. The third kappa shape index (κ3) is 6.40. The van der Waals surface area contributed by atoms with Gasteiger partial charge in [0.05, 0.1) is 16.3 Å². The molecule has 1 aromatic heterocycles. The molecular formula is C27H28Cl2N4O2. The first-order valence-corrected chi connectivity index (χ1v) is 12.3. The Morgan fingerprint density at radius 1 is 0.914 bits per heavy atom. The number of benzene rings is 2. The Bertz CT molecular complexity index is 1200. The molecule has 0 atom stereocenters. The van der Waals surface area contributed by atoms with Crippen molar-refractivity contribution in [1.29, 1.82) is 0 Å². The average molecular weight is 511 g/mol. The van der Waals surface area contributed by atoms with Crippen LogP contribution in [0.2, 0.25) is 10.0 Å². The number of hydrogen-bond donors (Lipinski definition) is 2. The number of hydrogen-bond acceptors (Lipinski definition) is 4. The van der Waals surface area contributed by atoms with E-state index in [1.165, 1.54) is 30.7 Å². The number of nitrogens with zero attached hydrogens (tertiary/aromatic N) is 2. The molecule has 0 spiro atoms. The first-order chi connectivity index (χ1) is 16.7. The second-order valence-corrected chi connectivity index (χ2v) is 10.3. The predicted octanol–water partition coefficient (Wildman–Crippen LogP) is 6.27. The van der Waals surface area contributed by atoms with Gasteiger partial charge in [-0.15, -0.1) is 0 Å². The zero-order chi connectivity index (χ0) is 25.0. The number of carbonyl (C=O) groups is 2. The Balaban J connectivity index is 1.47. The number of halogens is 2. The van der Waals surface area contributed by atoms with Crippen molar-refractivity contribution < 1.29 is 9.59 Å². The molecule has 0 saturated carbocycles. The van der Waals surface area contributed by atoms with Crippen LogP contribution in [0.1, 0.15) is 53.0 Å². The summed E-state index contributed by atoms with van der Waals surface area (Å²) in [6.45, 7) is 7.75. The summed E-state index contributed by atoms with van der Waals surface area (Å²) in [5.41, 5.74) is 2.25. The smallest absolute Gasteiger partial charge is 0.258 e. The Morgan fingerprint density at radius 3 is 2.26 bits per heavy atom. The molecule has 8 heteroatoms. The Morgan fingerprint density at radius 2 is 1.60 bits per heavy atom. The molecule has 2 aromatic carbocycles. The molecule has 2 heterocycles. The highest BCUT2D eigenvalue weighted by Gasteiger charge is 2.26. The van der Waals surface area contributed by atoms with E-state index in [0.29, 0.717) is 27.1 Å². The molecule has 6 nitrogen and oxygen atoms in total. The van der Waals surface area contributed by atoms with Crippen LogP contribution >= 0.6 is 23.2 Å². The summed E-state index contributed by atoms with van der Waals surface area (Å²) in [4.78, 5) is 32.5. The second kappa shape index (κ2) is 10.8. The standard InChI is InChI=1S/C27H28Cl2N4O2/c1-27(2,17-33-13-3-4-14-33)19-7-5-18(6-8-19)25(34)31-23-11-9-20(28)15-22(23)26(35)32-24-12-10-21(29)16-30-24/h5-12,15-16H,3-4,13-14,17H2,1-2H3,(H,31,34)(H,30,32,35). The van der Waals surface area contributed by atoms with Gasteiger partial charge in [0.2, 0.25) is 0 Å². The zero-order valence-electron chi connectivity index (χ0n) is 19.8. The van der Waals surface area contributed by atoms with Crippen molar-refractivity contribution in [2.75, 3.05) is 30.3 Å². The molecule has 1 aliphatic heterocycles. The Kier molecular flexibility index (Phi) is 7.75. The highest BCUT2D eigenvalue weighted by molar-refractivity contribution is 6.31. The van der Waals surface area contributed by atoms with E-state index in [4.69, 9.17) is 23.2 Å². The highest BCUT2D eigenvalue weighted by atomic mass is 35.5. The van der Waals surface area contributed by atoms with Gasteiger partial charge in [-0.2, -0.15) is 0 Å². The summed E-state index contributed by atoms with van der Waals surface area (Å²) < 4.78 is 0. The van der Waals surface area contributed by atoms with E-state index in [1.807, 2.05) is 24.3 Å². The van der Waals surface area contributed by atoms with Crippen molar-refractivity contribution in [3.05, 3.63) is 87.5 Å². The monoisotopic (exact) mass is 510 g/mol. The normalized spacial score (nSPS) is 14.1. The van der Waals surface area contributed by atoms with Gasteiger partial charge in [-0.05, 0) is 74.0 Å². The van der Waals surface area contributed by atoms with Crippen LogP contribution in [0.4, 0.5) is 11.5 Å². The lowest BCUT2D eigenvalue weighted by Crippen LogP contribution is -2.35. The molecular weight excluding hydrogens is 483 g/mol. The van der Waals surface area contributed by atoms with Gasteiger partial charge in [-0.1, -0.05) is 49.2 Å². The first-order valence-electron chi connectivity index (χ1n) is 11.6. The van der Waals surface area contributed by atoms with Crippen LogP contribution in [-0.4, -0.2) is 41.3 Å². The molecule has 182 valence electrons. The Labute approximate surface area is 215 Å².